The lowest BCUT2D eigenvalue weighted by Crippen LogP contribution is -2.27. The molecule has 1 amide bonds. The number of fused-ring (bicyclic) bond motifs is 1. The molecule has 0 saturated carbocycles. The summed E-state index contributed by atoms with van der Waals surface area (Å²) in [7, 11) is 3.20. The van der Waals surface area contributed by atoms with E-state index in [1.54, 1.807) is 14.2 Å². The van der Waals surface area contributed by atoms with Crippen LogP contribution in [0.3, 0.4) is 0 Å². The number of methoxy groups -OCH3 is 2. The number of carbonyl (C=O) groups excluding carboxylic acids is 1. The van der Waals surface area contributed by atoms with Crippen molar-refractivity contribution in [3.05, 3.63) is 76.6 Å². The highest BCUT2D eigenvalue weighted by molar-refractivity contribution is 6.07. The van der Waals surface area contributed by atoms with Gasteiger partial charge in [-0.05, 0) is 43.7 Å². The number of aromatic amines is 1. The molecule has 0 bridgehead atoms. The van der Waals surface area contributed by atoms with Gasteiger partial charge in [-0.15, -0.1) is 0 Å². The second-order valence-electron chi connectivity index (χ2n) is 7.14. The molecule has 0 saturated heterocycles. The van der Waals surface area contributed by atoms with Crippen molar-refractivity contribution < 1.29 is 14.3 Å². The largest absolute Gasteiger partial charge is 0.493 e. The zero-order valence-electron chi connectivity index (χ0n) is 17.4. The van der Waals surface area contributed by atoms with Gasteiger partial charge in [0.15, 0.2) is 17.3 Å². The minimum absolute atomic E-state index is 0.169. The van der Waals surface area contributed by atoms with Gasteiger partial charge in [-0.2, -0.15) is 5.10 Å². The lowest BCUT2D eigenvalue weighted by atomic mass is 9.81. The van der Waals surface area contributed by atoms with Crippen molar-refractivity contribution in [2.45, 2.75) is 19.8 Å². The Hall–Kier alpha value is -3.74. The molecule has 7 heteroatoms. The summed E-state index contributed by atoms with van der Waals surface area (Å²) in [5.41, 5.74) is 4.87. The minimum Gasteiger partial charge on any atom is -0.493 e. The molecule has 0 radical (unpaired) electrons. The van der Waals surface area contributed by atoms with Gasteiger partial charge in [-0.3, -0.25) is 9.89 Å². The van der Waals surface area contributed by atoms with E-state index in [1.165, 1.54) is 0 Å². The van der Waals surface area contributed by atoms with Crippen LogP contribution in [0.5, 0.6) is 11.5 Å². The van der Waals surface area contributed by atoms with E-state index in [2.05, 4.69) is 20.8 Å². The van der Waals surface area contributed by atoms with Gasteiger partial charge in [-0.25, -0.2) is 0 Å². The van der Waals surface area contributed by atoms with Crippen LogP contribution in [0.4, 0.5) is 11.5 Å². The summed E-state index contributed by atoms with van der Waals surface area (Å²) in [5.74, 6) is 1.48. The minimum atomic E-state index is -0.316. The molecular weight excluding hydrogens is 380 g/mol. The molecule has 2 aromatic carbocycles. The molecule has 0 fully saturated rings. The number of H-pyrrole nitrogens is 1. The first-order valence-electron chi connectivity index (χ1n) is 9.64. The molecule has 1 aromatic heterocycles. The monoisotopic (exact) mass is 404 g/mol. The SMILES string of the molecule is COc1ccc([C@H]2C(C(=O)Nc3ccccc3)=C(C)Nc3n[nH]c(C)c32)cc1OC. The Labute approximate surface area is 175 Å². The summed E-state index contributed by atoms with van der Waals surface area (Å²) in [6.07, 6.45) is 0. The maximum absolute atomic E-state index is 13.4. The van der Waals surface area contributed by atoms with Crippen LogP contribution in [0.2, 0.25) is 0 Å². The van der Waals surface area contributed by atoms with Crippen molar-refractivity contribution in [3.63, 3.8) is 0 Å². The van der Waals surface area contributed by atoms with E-state index in [1.807, 2.05) is 62.4 Å². The summed E-state index contributed by atoms with van der Waals surface area (Å²) < 4.78 is 10.9. The number of aromatic nitrogens is 2. The standard InChI is InChI=1S/C23H24N4O3/c1-13-20(23(28)25-16-8-6-5-7-9-16)21(19-14(2)26-27-22(19)24-13)15-10-11-17(29-3)18(12-15)30-4/h5-12,21H,1-4H3,(H,25,28)(H2,24,26,27)/t21-/m1/s1. The highest BCUT2D eigenvalue weighted by atomic mass is 16.5. The molecule has 1 aliphatic rings. The molecule has 3 aromatic rings. The average Bonchev–Trinajstić information content (AvgIpc) is 3.12. The molecule has 1 aliphatic heterocycles. The molecule has 154 valence electrons. The van der Waals surface area contributed by atoms with Gasteiger partial charge < -0.3 is 20.1 Å². The quantitative estimate of drug-likeness (QED) is 0.593. The second-order valence-corrected chi connectivity index (χ2v) is 7.14. The van der Waals surface area contributed by atoms with Crippen LogP contribution in [0.1, 0.15) is 29.7 Å². The Bertz CT molecular complexity index is 1120. The van der Waals surface area contributed by atoms with Gasteiger partial charge in [0, 0.05) is 34.1 Å². The van der Waals surface area contributed by atoms with Gasteiger partial charge in [0.05, 0.1) is 14.2 Å². The zero-order chi connectivity index (χ0) is 21.3. The summed E-state index contributed by atoms with van der Waals surface area (Å²) >= 11 is 0. The van der Waals surface area contributed by atoms with Crippen LogP contribution in [-0.2, 0) is 4.79 Å². The molecule has 0 aliphatic carbocycles. The van der Waals surface area contributed by atoms with Crippen LogP contribution in [0.15, 0.2) is 59.8 Å². The number of rotatable bonds is 5. The van der Waals surface area contributed by atoms with E-state index >= 15 is 0 Å². The third kappa shape index (κ3) is 3.39. The summed E-state index contributed by atoms with van der Waals surface area (Å²) in [5, 5.41) is 13.7. The first-order valence-corrected chi connectivity index (χ1v) is 9.64. The molecular formula is C23H24N4O3. The molecule has 4 rings (SSSR count). The Morgan fingerprint density at radius 2 is 1.77 bits per heavy atom. The Morgan fingerprint density at radius 1 is 1.03 bits per heavy atom. The Kier molecular flexibility index (Phi) is 5.18. The molecule has 3 N–H and O–H groups in total. The fourth-order valence-electron chi connectivity index (χ4n) is 3.88. The van der Waals surface area contributed by atoms with Gasteiger partial charge >= 0.3 is 0 Å². The number of hydrogen-bond donors (Lipinski definition) is 3. The smallest absolute Gasteiger partial charge is 0.254 e. The van der Waals surface area contributed by atoms with Gasteiger partial charge in [0.1, 0.15) is 0 Å². The van der Waals surface area contributed by atoms with E-state index < -0.39 is 0 Å². The molecule has 2 heterocycles. The number of anilines is 2. The average molecular weight is 404 g/mol. The molecule has 30 heavy (non-hydrogen) atoms. The van der Waals surface area contributed by atoms with Gasteiger partial charge in [-0.1, -0.05) is 24.3 Å². The maximum atomic E-state index is 13.4. The molecule has 7 nitrogen and oxygen atoms in total. The van der Waals surface area contributed by atoms with Crippen LogP contribution >= 0.6 is 0 Å². The van der Waals surface area contributed by atoms with Crippen LogP contribution in [0.25, 0.3) is 0 Å². The van der Waals surface area contributed by atoms with Crippen molar-refractivity contribution in [2.24, 2.45) is 0 Å². The number of para-hydroxylation sites is 1. The van der Waals surface area contributed by atoms with Crippen LogP contribution < -0.4 is 20.1 Å². The Balaban J connectivity index is 1.83. The van der Waals surface area contributed by atoms with E-state index in [-0.39, 0.29) is 11.8 Å². The highest BCUT2D eigenvalue weighted by Gasteiger charge is 2.35. The number of carbonyl (C=O) groups is 1. The predicted molar refractivity (Wildman–Crippen MR) is 116 cm³/mol. The maximum Gasteiger partial charge on any atom is 0.254 e. The fourth-order valence-corrected chi connectivity index (χ4v) is 3.88. The van der Waals surface area contributed by atoms with Crippen molar-refractivity contribution >= 4 is 17.4 Å². The molecule has 1 atom stereocenters. The van der Waals surface area contributed by atoms with Crippen molar-refractivity contribution in [1.82, 2.24) is 10.2 Å². The first kappa shape index (κ1) is 19.6. The fraction of sp³-hybridized carbons (Fsp3) is 0.217. The normalized spacial score (nSPS) is 15.3. The summed E-state index contributed by atoms with van der Waals surface area (Å²) in [4.78, 5) is 13.4. The third-order valence-electron chi connectivity index (χ3n) is 5.30. The van der Waals surface area contributed by atoms with Crippen LogP contribution in [-0.4, -0.2) is 30.3 Å². The van der Waals surface area contributed by atoms with Gasteiger partial charge in [0.25, 0.3) is 5.91 Å². The number of nitrogens with zero attached hydrogens (tertiary/aromatic N) is 1. The highest BCUT2D eigenvalue weighted by Crippen LogP contribution is 2.44. The van der Waals surface area contributed by atoms with Crippen molar-refractivity contribution in [3.8, 4) is 11.5 Å². The zero-order valence-corrected chi connectivity index (χ0v) is 17.4. The number of aryl methyl sites for hydroxylation is 1. The summed E-state index contributed by atoms with van der Waals surface area (Å²) in [6.45, 7) is 3.84. The lowest BCUT2D eigenvalue weighted by molar-refractivity contribution is -0.113. The molecule has 0 spiro atoms. The number of benzene rings is 2. The van der Waals surface area contributed by atoms with Gasteiger partial charge in [0.2, 0.25) is 0 Å². The van der Waals surface area contributed by atoms with Crippen molar-refractivity contribution in [1.29, 1.82) is 0 Å². The van der Waals surface area contributed by atoms with Crippen molar-refractivity contribution in [2.75, 3.05) is 24.9 Å². The van der Waals surface area contributed by atoms with E-state index in [0.717, 1.165) is 34.0 Å². The number of allylic oxidation sites excluding steroid dienone is 1. The number of amides is 1. The number of hydrogen-bond acceptors (Lipinski definition) is 5. The summed E-state index contributed by atoms with van der Waals surface area (Å²) in [6, 6.07) is 15.1. The van der Waals surface area contributed by atoms with Crippen LogP contribution in [0, 0.1) is 6.92 Å². The number of ether oxygens (including phenoxy) is 2. The van der Waals surface area contributed by atoms with E-state index in [9.17, 15) is 4.79 Å². The first-order chi connectivity index (χ1) is 14.5. The topological polar surface area (TPSA) is 88.3 Å². The lowest BCUT2D eigenvalue weighted by Gasteiger charge is -2.28. The third-order valence-corrected chi connectivity index (χ3v) is 5.30. The van der Waals surface area contributed by atoms with E-state index in [4.69, 9.17) is 9.47 Å². The number of nitrogens with one attached hydrogen (secondary N) is 3. The predicted octanol–water partition coefficient (Wildman–Crippen LogP) is 4.21. The molecule has 0 unspecified atom stereocenters. The van der Waals surface area contributed by atoms with E-state index in [0.29, 0.717) is 17.1 Å². The Morgan fingerprint density at radius 3 is 2.47 bits per heavy atom. The second kappa shape index (κ2) is 7.94.